The van der Waals surface area contributed by atoms with E-state index in [1.807, 2.05) is 0 Å². The molecule has 1 N–H and O–H groups in total. The number of likely N-dealkylation sites (tertiary alicyclic amines) is 1. The number of nitrogens with one attached hydrogen (secondary N) is 1. The Morgan fingerprint density at radius 1 is 1.20 bits per heavy atom. The second-order valence-electron chi connectivity index (χ2n) is 5.95. The molecule has 0 amide bonds. The predicted molar refractivity (Wildman–Crippen MR) is 83.2 cm³/mol. The largest absolute Gasteiger partial charge is 0.433 e. The molecule has 1 saturated heterocycles. The molecule has 2 aromatic rings. The molecule has 134 valence electrons. The van der Waals surface area contributed by atoms with Crippen LogP contribution in [0.3, 0.4) is 0 Å². The molecule has 0 spiro atoms. The highest BCUT2D eigenvalue weighted by atomic mass is 19.4. The molecule has 2 aromatic heterocycles. The zero-order valence-electron chi connectivity index (χ0n) is 13.3. The van der Waals surface area contributed by atoms with Crippen molar-refractivity contribution in [3.8, 4) is 0 Å². The smallest absolute Gasteiger partial charge is 0.367 e. The second kappa shape index (κ2) is 7.30. The molecule has 0 aliphatic carbocycles. The molecule has 1 aliphatic heterocycles. The van der Waals surface area contributed by atoms with E-state index in [4.69, 9.17) is 0 Å². The number of hydrogen-bond acceptors (Lipinski definition) is 5. The van der Waals surface area contributed by atoms with Crippen molar-refractivity contribution in [2.45, 2.75) is 31.6 Å². The number of alkyl halides is 3. The molecular formula is C16H17F4N5. The van der Waals surface area contributed by atoms with Crippen molar-refractivity contribution in [1.82, 2.24) is 19.9 Å². The highest BCUT2D eigenvalue weighted by Gasteiger charge is 2.33. The molecule has 9 heteroatoms. The molecule has 1 aliphatic rings. The van der Waals surface area contributed by atoms with Crippen LogP contribution in [0.4, 0.5) is 23.4 Å². The van der Waals surface area contributed by atoms with Crippen molar-refractivity contribution in [2.75, 3.05) is 18.4 Å². The van der Waals surface area contributed by atoms with E-state index in [-0.39, 0.29) is 17.7 Å². The summed E-state index contributed by atoms with van der Waals surface area (Å²) in [6.07, 6.45) is 0.636. The van der Waals surface area contributed by atoms with Crippen LogP contribution in [-0.4, -0.2) is 39.0 Å². The summed E-state index contributed by atoms with van der Waals surface area (Å²) in [6.45, 7) is 1.93. The molecule has 0 saturated carbocycles. The standard InChI is InChI=1S/C16H17F4N5/c17-13-8-21-4-1-11(13)9-25-5-2-12(3-6-25)24-15-7-14(16(18,19)20)22-10-23-15/h1,4,7-8,10,12H,2-3,5-6,9H2,(H,22,23,24). The Hall–Kier alpha value is -2.29. The third-order valence-corrected chi connectivity index (χ3v) is 4.15. The monoisotopic (exact) mass is 355 g/mol. The normalized spacial score (nSPS) is 16.8. The Kier molecular flexibility index (Phi) is 5.12. The molecule has 25 heavy (non-hydrogen) atoms. The van der Waals surface area contributed by atoms with Crippen LogP contribution in [0, 0.1) is 5.82 Å². The van der Waals surface area contributed by atoms with Crippen LogP contribution in [0.2, 0.25) is 0 Å². The van der Waals surface area contributed by atoms with Crippen molar-refractivity contribution in [1.29, 1.82) is 0 Å². The summed E-state index contributed by atoms with van der Waals surface area (Å²) in [4.78, 5) is 12.9. The molecule has 0 bridgehead atoms. The van der Waals surface area contributed by atoms with Crippen LogP contribution < -0.4 is 5.32 Å². The van der Waals surface area contributed by atoms with Gasteiger partial charge in [-0.15, -0.1) is 0 Å². The maximum atomic E-state index is 13.6. The van der Waals surface area contributed by atoms with Crippen LogP contribution in [0.15, 0.2) is 30.9 Å². The number of hydrogen-bond donors (Lipinski definition) is 1. The first-order chi connectivity index (χ1) is 11.9. The van der Waals surface area contributed by atoms with Crippen LogP contribution >= 0.6 is 0 Å². The minimum atomic E-state index is -4.49. The molecular weight excluding hydrogens is 338 g/mol. The minimum absolute atomic E-state index is 0.0227. The summed E-state index contributed by atoms with van der Waals surface area (Å²) in [5, 5.41) is 3.03. The van der Waals surface area contributed by atoms with Gasteiger partial charge in [0.25, 0.3) is 0 Å². The van der Waals surface area contributed by atoms with E-state index >= 15 is 0 Å². The lowest BCUT2D eigenvalue weighted by atomic mass is 10.0. The molecule has 5 nitrogen and oxygen atoms in total. The van der Waals surface area contributed by atoms with E-state index in [0.29, 0.717) is 12.1 Å². The first-order valence-electron chi connectivity index (χ1n) is 7.88. The second-order valence-corrected chi connectivity index (χ2v) is 5.95. The van der Waals surface area contributed by atoms with Gasteiger partial charge in [-0.3, -0.25) is 9.88 Å². The molecule has 1 fully saturated rings. The minimum Gasteiger partial charge on any atom is -0.367 e. The fourth-order valence-corrected chi connectivity index (χ4v) is 2.81. The number of nitrogens with zero attached hydrogens (tertiary/aromatic N) is 4. The van der Waals surface area contributed by atoms with E-state index < -0.39 is 11.9 Å². The number of rotatable bonds is 4. The average Bonchev–Trinajstić information content (AvgIpc) is 2.58. The first kappa shape index (κ1) is 17.5. The van der Waals surface area contributed by atoms with Crippen LogP contribution in [0.1, 0.15) is 24.1 Å². The number of piperidine rings is 1. The summed E-state index contributed by atoms with van der Waals surface area (Å²) >= 11 is 0. The van der Waals surface area contributed by atoms with E-state index in [9.17, 15) is 17.6 Å². The first-order valence-corrected chi connectivity index (χ1v) is 7.88. The Bertz CT molecular complexity index is 714. The van der Waals surface area contributed by atoms with Crippen molar-refractivity contribution in [2.24, 2.45) is 0 Å². The lowest BCUT2D eigenvalue weighted by molar-refractivity contribution is -0.141. The lowest BCUT2D eigenvalue weighted by Gasteiger charge is -2.32. The van der Waals surface area contributed by atoms with Gasteiger partial charge in [-0.05, 0) is 18.9 Å². The highest BCUT2D eigenvalue weighted by Crippen LogP contribution is 2.28. The van der Waals surface area contributed by atoms with E-state index in [0.717, 1.165) is 38.3 Å². The number of pyridine rings is 1. The zero-order valence-corrected chi connectivity index (χ0v) is 13.3. The quantitative estimate of drug-likeness (QED) is 0.854. The molecule has 3 rings (SSSR count). The highest BCUT2D eigenvalue weighted by molar-refractivity contribution is 5.36. The average molecular weight is 355 g/mol. The van der Waals surface area contributed by atoms with E-state index in [1.165, 1.54) is 6.20 Å². The molecule has 0 aromatic carbocycles. The number of aromatic nitrogens is 3. The molecule has 0 unspecified atom stereocenters. The van der Waals surface area contributed by atoms with Crippen molar-refractivity contribution in [3.63, 3.8) is 0 Å². The van der Waals surface area contributed by atoms with Crippen molar-refractivity contribution < 1.29 is 17.6 Å². The van der Waals surface area contributed by atoms with Gasteiger partial charge in [0.2, 0.25) is 0 Å². The van der Waals surface area contributed by atoms with Crippen LogP contribution in [-0.2, 0) is 12.7 Å². The third kappa shape index (κ3) is 4.62. The number of anilines is 1. The fourth-order valence-electron chi connectivity index (χ4n) is 2.81. The Morgan fingerprint density at radius 2 is 1.96 bits per heavy atom. The van der Waals surface area contributed by atoms with Crippen LogP contribution in [0.25, 0.3) is 0 Å². The van der Waals surface area contributed by atoms with Gasteiger partial charge in [0, 0.05) is 43.5 Å². The third-order valence-electron chi connectivity index (χ3n) is 4.15. The Morgan fingerprint density at radius 3 is 2.64 bits per heavy atom. The van der Waals surface area contributed by atoms with Gasteiger partial charge in [0.1, 0.15) is 23.7 Å². The SMILES string of the molecule is Fc1cnccc1CN1CCC(Nc2cc(C(F)(F)F)ncn2)CC1. The maximum Gasteiger partial charge on any atom is 0.433 e. The van der Waals surface area contributed by atoms with Gasteiger partial charge in [-0.25, -0.2) is 14.4 Å². The Labute approximate surface area is 142 Å². The van der Waals surface area contributed by atoms with Gasteiger partial charge < -0.3 is 5.32 Å². The van der Waals surface area contributed by atoms with E-state index in [2.05, 4.69) is 25.2 Å². The summed E-state index contributed by atoms with van der Waals surface area (Å²) < 4.78 is 51.7. The summed E-state index contributed by atoms with van der Waals surface area (Å²) in [7, 11) is 0. The Balaban J connectivity index is 1.54. The summed E-state index contributed by atoms with van der Waals surface area (Å²) in [6, 6.07) is 2.59. The van der Waals surface area contributed by atoms with E-state index in [1.54, 1.807) is 12.3 Å². The molecule has 0 radical (unpaired) electrons. The summed E-state index contributed by atoms with van der Waals surface area (Å²) in [5.74, 6) is -0.163. The van der Waals surface area contributed by atoms with Gasteiger partial charge in [0.15, 0.2) is 0 Å². The van der Waals surface area contributed by atoms with Crippen molar-refractivity contribution >= 4 is 5.82 Å². The van der Waals surface area contributed by atoms with Crippen molar-refractivity contribution in [3.05, 3.63) is 47.9 Å². The topological polar surface area (TPSA) is 53.9 Å². The lowest BCUT2D eigenvalue weighted by Crippen LogP contribution is -2.39. The van der Waals surface area contributed by atoms with Gasteiger partial charge in [-0.1, -0.05) is 0 Å². The predicted octanol–water partition coefficient (Wildman–Crippen LogP) is 3.11. The zero-order chi connectivity index (χ0) is 17.9. The maximum absolute atomic E-state index is 13.6. The molecule has 0 atom stereocenters. The summed E-state index contributed by atoms with van der Waals surface area (Å²) in [5.41, 5.74) is -0.373. The van der Waals surface area contributed by atoms with Gasteiger partial charge in [-0.2, -0.15) is 13.2 Å². The van der Waals surface area contributed by atoms with Crippen LogP contribution in [0.5, 0.6) is 0 Å². The number of halogens is 4. The van der Waals surface area contributed by atoms with Gasteiger partial charge >= 0.3 is 6.18 Å². The molecule has 3 heterocycles. The fraction of sp³-hybridized carbons (Fsp3) is 0.438. The van der Waals surface area contributed by atoms with Gasteiger partial charge in [0.05, 0.1) is 6.20 Å².